The molecule has 0 aliphatic rings. The lowest BCUT2D eigenvalue weighted by Crippen LogP contribution is -2.31. The number of rotatable bonds is 5. The number of nitrogens with zero attached hydrogens (tertiary/aromatic N) is 3. The van der Waals surface area contributed by atoms with Crippen molar-refractivity contribution in [2.24, 2.45) is 0 Å². The number of aromatic nitrogens is 2. The van der Waals surface area contributed by atoms with Crippen LogP contribution < -0.4 is 15.5 Å². The normalized spacial score (nSPS) is 10.8. The number of H-pyrrole nitrogens is 1. The van der Waals surface area contributed by atoms with Gasteiger partial charge in [-0.15, -0.1) is 0 Å². The number of nitrogen functional groups attached to an aromatic ring is 1. The number of fused-ring (bicyclic) bond motifs is 1. The second kappa shape index (κ2) is 5.97. The second-order valence-electron chi connectivity index (χ2n) is 5.53. The summed E-state index contributed by atoms with van der Waals surface area (Å²) in [6, 6.07) is 14.3. The van der Waals surface area contributed by atoms with Crippen molar-refractivity contribution in [2.45, 2.75) is 0 Å². The zero-order valence-corrected chi connectivity index (χ0v) is 13.0. The number of hydrogen-bond donors (Lipinski definition) is 2. The molecule has 3 N–H and O–H groups in total. The van der Waals surface area contributed by atoms with Crippen molar-refractivity contribution in [3.05, 3.63) is 48.7 Å². The number of pyridine rings is 1. The highest BCUT2D eigenvalue weighted by Gasteiger charge is 2.06. The van der Waals surface area contributed by atoms with Crippen LogP contribution in [0.15, 0.2) is 48.7 Å². The number of benzene rings is 1. The Bertz CT molecular complexity index is 750. The van der Waals surface area contributed by atoms with Crippen LogP contribution in [0.2, 0.25) is 0 Å². The van der Waals surface area contributed by atoms with E-state index >= 15 is 0 Å². The average Bonchev–Trinajstić information content (AvgIpc) is 2.92. The van der Waals surface area contributed by atoms with Crippen molar-refractivity contribution in [1.82, 2.24) is 9.97 Å². The summed E-state index contributed by atoms with van der Waals surface area (Å²) in [5, 5.41) is 1.14. The zero-order chi connectivity index (χ0) is 15.5. The molecule has 0 saturated heterocycles. The van der Waals surface area contributed by atoms with E-state index in [0.717, 1.165) is 29.8 Å². The fourth-order valence-electron chi connectivity index (χ4n) is 2.50. The van der Waals surface area contributed by atoms with Crippen LogP contribution in [-0.4, -0.2) is 37.2 Å². The quantitative estimate of drug-likeness (QED) is 0.760. The molecule has 114 valence electrons. The highest BCUT2D eigenvalue weighted by Crippen LogP contribution is 2.22. The van der Waals surface area contributed by atoms with Gasteiger partial charge < -0.3 is 20.5 Å². The van der Waals surface area contributed by atoms with Crippen molar-refractivity contribution < 1.29 is 0 Å². The molecule has 5 nitrogen and oxygen atoms in total. The lowest BCUT2D eigenvalue weighted by molar-refractivity contribution is 0.823. The molecule has 0 fully saturated rings. The molecule has 0 atom stereocenters. The predicted molar refractivity (Wildman–Crippen MR) is 93.5 cm³/mol. The molecule has 0 aliphatic heterocycles. The van der Waals surface area contributed by atoms with Gasteiger partial charge in [0.2, 0.25) is 0 Å². The first-order valence-electron chi connectivity index (χ1n) is 7.35. The monoisotopic (exact) mass is 295 g/mol. The first-order chi connectivity index (χ1) is 10.6. The molecule has 3 aromatic rings. The minimum atomic E-state index is 0.699. The summed E-state index contributed by atoms with van der Waals surface area (Å²) in [4.78, 5) is 11.9. The molecule has 0 aliphatic carbocycles. The van der Waals surface area contributed by atoms with Crippen molar-refractivity contribution in [3.63, 3.8) is 0 Å². The van der Waals surface area contributed by atoms with Gasteiger partial charge in [0.25, 0.3) is 0 Å². The molecule has 22 heavy (non-hydrogen) atoms. The Morgan fingerprint density at radius 3 is 2.64 bits per heavy atom. The number of anilines is 3. The molecule has 2 aromatic heterocycles. The highest BCUT2D eigenvalue weighted by atomic mass is 15.2. The van der Waals surface area contributed by atoms with Crippen LogP contribution in [0.5, 0.6) is 0 Å². The van der Waals surface area contributed by atoms with Gasteiger partial charge in [-0.05, 0) is 30.3 Å². The molecule has 0 radical (unpaired) electrons. The summed E-state index contributed by atoms with van der Waals surface area (Å²) < 4.78 is 0. The summed E-state index contributed by atoms with van der Waals surface area (Å²) in [6.07, 6.45) is 1.82. The summed E-state index contributed by atoms with van der Waals surface area (Å²) in [5.41, 5.74) is 8.04. The van der Waals surface area contributed by atoms with Crippen LogP contribution in [0.4, 0.5) is 17.3 Å². The van der Waals surface area contributed by atoms with Gasteiger partial charge in [-0.3, -0.25) is 0 Å². The molecule has 0 amide bonds. The second-order valence-corrected chi connectivity index (χ2v) is 5.53. The molecule has 1 aromatic carbocycles. The molecule has 2 heterocycles. The van der Waals surface area contributed by atoms with Gasteiger partial charge in [0.1, 0.15) is 11.6 Å². The van der Waals surface area contributed by atoms with Crippen molar-refractivity contribution in [1.29, 1.82) is 0 Å². The average molecular weight is 295 g/mol. The largest absolute Gasteiger partial charge is 0.385 e. The molecule has 5 heteroatoms. The standard InChI is InChI=1S/C17H21N5/c1-21(9-10-22(2)17-5-3-4-8-19-17)14-7-6-13-11-16(18)20-15(13)12-14/h3-8,11-12,20H,9-10,18H2,1-2H3. The van der Waals surface area contributed by atoms with E-state index in [-0.39, 0.29) is 0 Å². The van der Waals surface area contributed by atoms with Gasteiger partial charge in [-0.2, -0.15) is 0 Å². The maximum Gasteiger partial charge on any atom is 0.128 e. The van der Waals surface area contributed by atoms with E-state index in [9.17, 15) is 0 Å². The zero-order valence-electron chi connectivity index (χ0n) is 13.0. The summed E-state index contributed by atoms with van der Waals surface area (Å²) in [5.74, 6) is 1.69. The lowest BCUT2D eigenvalue weighted by Gasteiger charge is -2.24. The molecule has 0 unspecified atom stereocenters. The van der Waals surface area contributed by atoms with Gasteiger partial charge in [0.05, 0.1) is 0 Å². The van der Waals surface area contributed by atoms with E-state index < -0.39 is 0 Å². The van der Waals surface area contributed by atoms with E-state index in [1.165, 1.54) is 5.69 Å². The smallest absolute Gasteiger partial charge is 0.128 e. The van der Waals surface area contributed by atoms with E-state index in [1.807, 2.05) is 30.5 Å². The number of nitrogens with one attached hydrogen (secondary N) is 1. The third kappa shape index (κ3) is 2.98. The molecule has 0 bridgehead atoms. The van der Waals surface area contributed by atoms with Gasteiger partial charge in [-0.1, -0.05) is 12.1 Å². The molecule has 3 rings (SSSR count). The van der Waals surface area contributed by atoms with Crippen LogP contribution in [0.1, 0.15) is 0 Å². The van der Waals surface area contributed by atoms with Crippen molar-refractivity contribution >= 4 is 28.2 Å². The fourth-order valence-corrected chi connectivity index (χ4v) is 2.50. The van der Waals surface area contributed by atoms with Crippen molar-refractivity contribution in [2.75, 3.05) is 42.7 Å². The number of nitrogens with two attached hydrogens (primary N) is 1. The Labute approximate surface area is 130 Å². The lowest BCUT2D eigenvalue weighted by atomic mass is 10.2. The number of likely N-dealkylation sites (N-methyl/N-ethyl adjacent to an activating group) is 2. The molecular weight excluding hydrogens is 274 g/mol. The van der Waals surface area contributed by atoms with Gasteiger partial charge >= 0.3 is 0 Å². The van der Waals surface area contributed by atoms with Gasteiger partial charge in [-0.25, -0.2) is 4.98 Å². The van der Waals surface area contributed by atoms with Crippen LogP contribution in [0.25, 0.3) is 10.9 Å². The Morgan fingerprint density at radius 2 is 1.86 bits per heavy atom. The maximum absolute atomic E-state index is 5.80. The van der Waals surface area contributed by atoms with E-state index in [0.29, 0.717) is 5.82 Å². The summed E-state index contributed by atoms with van der Waals surface area (Å²) in [6.45, 7) is 1.81. The molecular formula is C17H21N5. The Hall–Kier alpha value is -2.69. The summed E-state index contributed by atoms with van der Waals surface area (Å²) in [7, 11) is 4.16. The Balaban J connectivity index is 1.66. The van der Waals surface area contributed by atoms with Crippen LogP contribution >= 0.6 is 0 Å². The first kappa shape index (κ1) is 14.3. The van der Waals surface area contributed by atoms with Crippen LogP contribution in [0.3, 0.4) is 0 Å². The maximum atomic E-state index is 5.80. The minimum Gasteiger partial charge on any atom is -0.385 e. The van der Waals surface area contributed by atoms with E-state index in [4.69, 9.17) is 5.73 Å². The third-order valence-corrected chi connectivity index (χ3v) is 3.88. The topological polar surface area (TPSA) is 61.2 Å². The third-order valence-electron chi connectivity index (χ3n) is 3.88. The first-order valence-corrected chi connectivity index (χ1v) is 7.35. The fraction of sp³-hybridized carbons (Fsp3) is 0.235. The minimum absolute atomic E-state index is 0.699. The number of aromatic amines is 1. The summed E-state index contributed by atoms with van der Waals surface area (Å²) >= 11 is 0. The Morgan fingerprint density at radius 1 is 1.05 bits per heavy atom. The van der Waals surface area contributed by atoms with Crippen LogP contribution in [0, 0.1) is 0 Å². The molecule has 0 spiro atoms. The van der Waals surface area contributed by atoms with Crippen molar-refractivity contribution in [3.8, 4) is 0 Å². The Kier molecular flexibility index (Phi) is 3.87. The van der Waals surface area contributed by atoms with E-state index in [2.05, 4.69) is 52.1 Å². The number of hydrogen-bond acceptors (Lipinski definition) is 4. The SMILES string of the molecule is CN(CCN(C)c1ccccn1)c1ccc2cc(N)[nH]c2c1. The van der Waals surface area contributed by atoms with E-state index in [1.54, 1.807) is 0 Å². The van der Waals surface area contributed by atoms with Crippen LogP contribution in [-0.2, 0) is 0 Å². The molecule has 0 saturated carbocycles. The van der Waals surface area contributed by atoms with Gasteiger partial charge in [0.15, 0.2) is 0 Å². The predicted octanol–water partition coefficient (Wildman–Crippen LogP) is 2.72. The van der Waals surface area contributed by atoms with Gasteiger partial charge in [0, 0.05) is 50.0 Å². The highest BCUT2D eigenvalue weighted by molar-refractivity contribution is 5.86.